The predicted molar refractivity (Wildman–Crippen MR) is 83.7 cm³/mol. The number of benzene rings is 1. The minimum absolute atomic E-state index is 0.179. The van der Waals surface area contributed by atoms with Crippen LogP contribution in [-0.2, 0) is 20.5 Å². The number of hydrogen-bond acceptors (Lipinski definition) is 4. The van der Waals surface area contributed by atoms with Gasteiger partial charge in [-0.05, 0) is 36.5 Å². The zero-order valence-electron chi connectivity index (χ0n) is 13.0. The first-order valence-corrected chi connectivity index (χ1v) is 9.09. The van der Waals surface area contributed by atoms with Crippen LogP contribution in [0.15, 0.2) is 24.3 Å². The molecule has 1 saturated heterocycles. The van der Waals surface area contributed by atoms with Gasteiger partial charge < -0.3 is 9.64 Å². The van der Waals surface area contributed by atoms with Gasteiger partial charge in [-0.15, -0.1) is 0 Å². The standard InChI is InChI=1S/C15H21FN2O4S/c1-22-15(19)18-7-5-12(6-8-18)10-17-23(20,21)11-13-3-2-4-14(16)9-13/h2-4,9,12,17H,5-8,10-11H2,1H3. The fraction of sp³-hybridized carbons (Fsp3) is 0.533. The van der Waals surface area contributed by atoms with Crippen molar-refractivity contribution in [3.05, 3.63) is 35.6 Å². The Balaban J connectivity index is 1.80. The Bertz CT molecular complexity index is 643. The number of piperidine rings is 1. The summed E-state index contributed by atoms with van der Waals surface area (Å²) < 4.78 is 44.4. The largest absolute Gasteiger partial charge is 0.453 e. The van der Waals surface area contributed by atoms with Crippen LogP contribution in [-0.4, -0.2) is 46.2 Å². The van der Waals surface area contributed by atoms with Crippen molar-refractivity contribution < 1.29 is 22.3 Å². The van der Waals surface area contributed by atoms with Gasteiger partial charge in [0, 0.05) is 19.6 Å². The Hall–Kier alpha value is -1.67. The molecule has 0 aromatic heterocycles. The number of nitrogens with one attached hydrogen (secondary N) is 1. The molecule has 0 aliphatic carbocycles. The lowest BCUT2D eigenvalue weighted by Gasteiger charge is -2.30. The minimum atomic E-state index is -3.51. The second-order valence-electron chi connectivity index (χ2n) is 5.64. The molecule has 0 unspecified atom stereocenters. The third-order valence-corrected chi connectivity index (χ3v) is 5.20. The lowest BCUT2D eigenvalue weighted by molar-refractivity contribution is 0.106. The van der Waals surface area contributed by atoms with Crippen LogP contribution >= 0.6 is 0 Å². The SMILES string of the molecule is COC(=O)N1CCC(CNS(=O)(=O)Cc2cccc(F)c2)CC1. The Labute approximate surface area is 135 Å². The number of rotatable bonds is 5. The van der Waals surface area contributed by atoms with Gasteiger partial charge in [0.25, 0.3) is 0 Å². The predicted octanol–water partition coefficient (Wildman–Crippen LogP) is 1.72. The van der Waals surface area contributed by atoms with Crippen LogP contribution < -0.4 is 4.72 Å². The number of ether oxygens (including phenoxy) is 1. The summed E-state index contributed by atoms with van der Waals surface area (Å²) in [6.45, 7) is 1.44. The van der Waals surface area contributed by atoms with E-state index in [-0.39, 0.29) is 17.8 Å². The smallest absolute Gasteiger partial charge is 0.409 e. The average molecular weight is 344 g/mol. The quantitative estimate of drug-likeness (QED) is 0.882. The zero-order valence-corrected chi connectivity index (χ0v) is 13.8. The van der Waals surface area contributed by atoms with Crippen molar-refractivity contribution in [2.45, 2.75) is 18.6 Å². The molecule has 1 aliphatic heterocycles. The first-order chi connectivity index (χ1) is 10.9. The first kappa shape index (κ1) is 17.7. The number of carbonyl (C=O) groups is 1. The van der Waals surface area contributed by atoms with Crippen molar-refractivity contribution in [3.63, 3.8) is 0 Å². The van der Waals surface area contributed by atoms with Crippen molar-refractivity contribution in [1.29, 1.82) is 0 Å². The Morgan fingerprint density at radius 1 is 1.39 bits per heavy atom. The van der Waals surface area contributed by atoms with Crippen LogP contribution in [0.2, 0.25) is 0 Å². The summed E-state index contributed by atoms with van der Waals surface area (Å²) in [7, 11) is -2.16. The lowest BCUT2D eigenvalue weighted by atomic mass is 9.97. The van der Waals surface area contributed by atoms with Gasteiger partial charge >= 0.3 is 6.09 Å². The topological polar surface area (TPSA) is 75.7 Å². The molecular weight excluding hydrogens is 323 g/mol. The molecule has 23 heavy (non-hydrogen) atoms. The zero-order chi connectivity index (χ0) is 16.9. The van der Waals surface area contributed by atoms with Crippen molar-refractivity contribution in [2.75, 3.05) is 26.7 Å². The van der Waals surface area contributed by atoms with E-state index in [2.05, 4.69) is 9.46 Å². The van der Waals surface area contributed by atoms with Crippen LogP contribution in [0.1, 0.15) is 18.4 Å². The maximum Gasteiger partial charge on any atom is 0.409 e. The van der Waals surface area contributed by atoms with E-state index in [0.29, 0.717) is 25.2 Å². The van der Waals surface area contributed by atoms with Crippen molar-refractivity contribution in [3.8, 4) is 0 Å². The maximum absolute atomic E-state index is 13.1. The molecule has 0 radical (unpaired) electrons. The summed E-state index contributed by atoms with van der Waals surface area (Å²) in [5.74, 6) is -0.516. The highest BCUT2D eigenvalue weighted by Gasteiger charge is 2.24. The molecule has 2 rings (SSSR count). The van der Waals surface area contributed by atoms with Crippen LogP contribution in [0.5, 0.6) is 0 Å². The molecule has 1 amide bonds. The molecule has 1 aliphatic rings. The highest BCUT2D eigenvalue weighted by Crippen LogP contribution is 2.17. The van der Waals surface area contributed by atoms with E-state index >= 15 is 0 Å². The molecule has 1 aromatic carbocycles. The van der Waals surface area contributed by atoms with Gasteiger partial charge in [-0.25, -0.2) is 22.3 Å². The molecule has 6 nitrogen and oxygen atoms in total. The number of hydrogen-bond donors (Lipinski definition) is 1. The van der Waals surface area contributed by atoms with E-state index in [4.69, 9.17) is 0 Å². The number of sulfonamides is 1. The monoisotopic (exact) mass is 344 g/mol. The van der Waals surface area contributed by atoms with Gasteiger partial charge in [-0.3, -0.25) is 0 Å². The van der Waals surface area contributed by atoms with Crippen molar-refractivity contribution >= 4 is 16.1 Å². The molecule has 0 atom stereocenters. The number of likely N-dealkylation sites (tertiary alicyclic amines) is 1. The highest BCUT2D eigenvalue weighted by atomic mass is 32.2. The fourth-order valence-electron chi connectivity index (χ4n) is 2.59. The van der Waals surface area contributed by atoms with Gasteiger partial charge in [0.15, 0.2) is 0 Å². The molecule has 1 aromatic rings. The lowest BCUT2D eigenvalue weighted by Crippen LogP contribution is -2.41. The van der Waals surface area contributed by atoms with Gasteiger partial charge in [-0.2, -0.15) is 0 Å². The van der Waals surface area contributed by atoms with E-state index in [1.807, 2.05) is 0 Å². The molecular formula is C15H21FN2O4S. The van der Waals surface area contributed by atoms with E-state index < -0.39 is 15.8 Å². The number of halogens is 1. The molecule has 1 fully saturated rings. The van der Waals surface area contributed by atoms with Crippen LogP contribution in [0, 0.1) is 11.7 Å². The molecule has 128 valence electrons. The van der Waals surface area contributed by atoms with E-state index in [0.717, 1.165) is 12.8 Å². The number of methoxy groups -OCH3 is 1. The van der Waals surface area contributed by atoms with Gasteiger partial charge in [-0.1, -0.05) is 12.1 Å². The van der Waals surface area contributed by atoms with Crippen molar-refractivity contribution in [2.24, 2.45) is 5.92 Å². The maximum atomic E-state index is 13.1. The van der Waals surface area contributed by atoms with Gasteiger partial charge in [0.05, 0.1) is 12.9 Å². The summed E-state index contributed by atoms with van der Waals surface area (Å²) in [5.41, 5.74) is 0.415. The Morgan fingerprint density at radius 3 is 2.70 bits per heavy atom. The molecule has 1 heterocycles. The highest BCUT2D eigenvalue weighted by molar-refractivity contribution is 7.88. The van der Waals surface area contributed by atoms with Gasteiger partial charge in [0.1, 0.15) is 5.82 Å². The second kappa shape index (κ2) is 7.74. The summed E-state index contributed by atoms with van der Waals surface area (Å²) in [6, 6.07) is 5.56. The van der Waals surface area contributed by atoms with Crippen LogP contribution in [0.3, 0.4) is 0 Å². The van der Waals surface area contributed by atoms with Gasteiger partial charge in [0.2, 0.25) is 10.0 Å². The third-order valence-electron chi connectivity index (χ3n) is 3.88. The normalized spacial score (nSPS) is 16.3. The Kier molecular flexibility index (Phi) is 5.95. The van der Waals surface area contributed by atoms with Crippen molar-refractivity contribution in [1.82, 2.24) is 9.62 Å². The second-order valence-corrected chi connectivity index (χ2v) is 7.44. The summed E-state index contributed by atoms with van der Waals surface area (Å²) in [6.07, 6.45) is 1.09. The van der Waals surface area contributed by atoms with Crippen LogP contribution in [0.4, 0.5) is 9.18 Å². The summed E-state index contributed by atoms with van der Waals surface area (Å²) >= 11 is 0. The summed E-state index contributed by atoms with van der Waals surface area (Å²) in [4.78, 5) is 13.0. The van der Waals surface area contributed by atoms with E-state index in [1.54, 1.807) is 11.0 Å². The summed E-state index contributed by atoms with van der Waals surface area (Å²) in [5, 5.41) is 0. The average Bonchev–Trinajstić information content (AvgIpc) is 2.52. The minimum Gasteiger partial charge on any atom is -0.453 e. The molecule has 0 spiro atoms. The Morgan fingerprint density at radius 2 is 2.09 bits per heavy atom. The van der Waals surface area contributed by atoms with Crippen LogP contribution in [0.25, 0.3) is 0 Å². The molecule has 0 bridgehead atoms. The first-order valence-electron chi connectivity index (χ1n) is 7.44. The van der Waals surface area contributed by atoms with E-state index in [1.165, 1.54) is 25.3 Å². The fourth-order valence-corrected chi connectivity index (χ4v) is 3.80. The number of nitrogens with zero attached hydrogens (tertiary/aromatic N) is 1. The molecule has 8 heteroatoms. The number of carbonyl (C=O) groups excluding carboxylic acids is 1. The van der Waals surface area contributed by atoms with E-state index in [9.17, 15) is 17.6 Å². The number of amides is 1. The molecule has 1 N–H and O–H groups in total. The molecule has 0 saturated carbocycles. The third kappa shape index (κ3) is 5.47.